The Morgan fingerprint density at radius 1 is 1.07 bits per heavy atom. The summed E-state index contributed by atoms with van der Waals surface area (Å²) in [6, 6.07) is 8.52. The number of imide groups is 1. The molecule has 1 aliphatic heterocycles. The topological polar surface area (TPSA) is 107 Å². The van der Waals surface area contributed by atoms with Gasteiger partial charge in [-0.15, -0.1) is 5.10 Å². The van der Waals surface area contributed by atoms with Gasteiger partial charge >= 0.3 is 5.97 Å². The first-order valence-corrected chi connectivity index (χ1v) is 8.79. The maximum atomic E-state index is 12.3. The van der Waals surface area contributed by atoms with Crippen LogP contribution in [0.5, 0.6) is 0 Å². The highest BCUT2D eigenvalue weighted by molar-refractivity contribution is 6.21. The van der Waals surface area contributed by atoms with Crippen molar-refractivity contribution in [1.29, 1.82) is 0 Å². The van der Waals surface area contributed by atoms with Gasteiger partial charge in [-0.1, -0.05) is 12.1 Å². The summed E-state index contributed by atoms with van der Waals surface area (Å²) in [6.07, 6.45) is 0.320. The molecule has 9 nitrogen and oxygen atoms in total. The quantitative estimate of drug-likeness (QED) is 0.376. The Morgan fingerprint density at radius 3 is 2.43 bits per heavy atom. The summed E-state index contributed by atoms with van der Waals surface area (Å²) in [6.45, 7) is 3.87. The molecule has 1 aliphatic rings. The van der Waals surface area contributed by atoms with Crippen LogP contribution in [0.1, 0.15) is 49.1 Å². The number of hydrogen-bond donors (Lipinski definition) is 0. The van der Waals surface area contributed by atoms with E-state index in [1.807, 2.05) is 19.9 Å². The van der Waals surface area contributed by atoms with Gasteiger partial charge in [0.1, 0.15) is 0 Å². The molecular weight excluding hydrogens is 362 g/mol. The highest BCUT2D eigenvalue weighted by Gasteiger charge is 2.34. The van der Waals surface area contributed by atoms with Gasteiger partial charge < -0.3 is 4.74 Å². The SMILES string of the molecule is Cc1cc(C)n2nc(C(=O)OCCCN3C(=O)c4ccccc4C3=O)nc2n1. The van der Waals surface area contributed by atoms with Crippen molar-refractivity contribution >= 4 is 23.6 Å². The van der Waals surface area contributed by atoms with E-state index in [2.05, 4.69) is 15.1 Å². The number of benzene rings is 1. The first kappa shape index (κ1) is 17.8. The molecule has 0 saturated carbocycles. The molecular formula is C19H17N5O4. The number of rotatable bonds is 5. The van der Waals surface area contributed by atoms with Crippen LogP contribution in [0.4, 0.5) is 0 Å². The fraction of sp³-hybridized carbons (Fsp3) is 0.263. The van der Waals surface area contributed by atoms with E-state index in [1.165, 1.54) is 4.52 Å². The van der Waals surface area contributed by atoms with E-state index >= 15 is 0 Å². The number of carbonyl (C=O) groups is 3. The van der Waals surface area contributed by atoms with Gasteiger partial charge in [0.2, 0.25) is 0 Å². The third kappa shape index (κ3) is 3.00. The summed E-state index contributed by atoms with van der Waals surface area (Å²) in [7, 11) is 0. The summed E-state index contributed by atoms with van der Waals surface area (Å²) < 4.78 is 6.66. The Hall–Kier alpha value is -3.62. The second kappa shape index (κ2) is 6.84. The molecule has 0 bridgehead atoms. The van der Waals surface area contributed by atoms with E-state index < -0.39 is 5.97 Å². The lowest BCUT2D eigenvalue weighted by molar-refractivity contribution is 0.0469. The van der Waals surface area contributed by atoms with Crippen LogP contribution < -0.4 is 0 Å². The summed E-state index contributed by atoms with van der Waals surface area (Å²) >= 11 is 0. The van der Waals surface area contributed by atoms with Gasteiger partial charge in [-0.3, -0.25) is 14.5 Å². The average molecular weight is 379 g/mol. The standard InChI is InChI=1S/C19H17N5O4/c1-11-10-12(2)24-19(20-11)21-15(22-24)18(27)28-9-5-8-23-16(25)13-6-3-4-7-14(13)17(23)26/h3-4,6-7,10H,5,8-9H2,1-2H3. The molecule has 142 valence electrons. The minimum atomic E-state index is -0.676. The number of fused-ring (bicyclic) bond motifs is 2. The molecule has 3 aromatic rings. The maximum absolute atomic E-state index is 12.3. The molecule has 0 atom stereocenters. The number of ether oxygens (including phenoxy) is 1. The van der Waals surface area contributed by atoms with Crippen molar-refractivity contribution in [3.63, 3.8) is 0 Å². The molecule has 2 aromatic heterocycles. The predicted molar refractivity (Wildman–Crippen MR) is 97.0 cm³/mol. The molecule has 0 spiro atoms. The van der Waals surface area contributed by atoms with Gasteiger partial charge in [-0.25, -0.2) is 14.3 Å². The third-order valence-electron chi connectivity index (χ3n) is 4.44. The fourth-order valence-corrected chi connectivity index (χ4v) is 3.15. The minimum Gasteiger partial charge on any atom is -0.460 e. The number of carbonyl (C=O) groups excluding carboxylic acids is 3. The smallest absolute Gasteiger partial charge is 0.378 e. The maximum Gasteiger partial charge on any atom is 0.378 e. The largest absolute Gasteiger partial charge is 0.460 e. The van der Waals surface area contributed by atoms with Crippen LogP contribution in [0, 0.1) is 13.8 Å². The molecule has 0 radical (unpaired) electrons. The number of amides is 2. The molecule has 0 fully saturated rings. The zero-order valence-electron chi connectivity index (χ0n) is 15.4. The van der Waals surface area contributed by atoms with Gasteiger partial charge in [0.25, 0.3) is 23.4 Å². The van der Waals surface area contributed by atoms with Crippen LogP contribution in [-0.2, 0) is 4.74 Å². The molecule has 1 aromatic carbocycles. The molecule has 0 aliphatic carbocycles. The van der Waals surface area contributed by atoms with Crippen LogP contribution in [0.2, 0.25) is 0 Å². The first-order chi connectivity index (χ1) is 13.5. The molecule has 28 heavy (non-hydrogen) atoms. The second-order valence-corrected chi connectivity index (χ2v) is 6.48. The van der Waals surface area contributed by atoms with E-state index in [1.54, 1.807) is 24.3 Å². The molecule has 0 saturated heterocycles. The average Bonchev–Trinajstić information content (AvgIpc) is 3.20. The zero-order chi connectivity index (χ0) is 19.8. The third-order valence-corrected chi connectivity index (χ3v) is 4.44. The van der Waals surface area contributed by atoms with Gasteiger partial charge in [0, 0.05) is 17.9 Å². The Labute approximate surface area is 160 Å². The normalized spacial score (nSPS) is 13.3. The minimum absolute atomic E-state index is 0.0349. The van der Waals surface area contributed by atoms with Gasteiger partial charge in [0.05, 0.1) is 17.7 Å². The van der Waals surface area contributed by atoms with E-state index in [4.69, 9.17) is 4.74 Å². The molecule has 0 unspecified atom stereocenters. The first-order valence-electron chi connectivity index (χ1n) is 8.79. The predicted octanol–water partition coefficient (Wildman–Crippen LogP) is 1.58. The molecule has 4 rings (SSSR count). The fourth-order valence-electron chi connectivity index (χ4n) is 3.15. The number of aryl methyl sites for hydroxylation is 2. The van der Waals surface area contributed by atoms with E-state index in [9.17, 15) is 14.4 Å². The molecule has 0 N–H and O–H groups in total. The lowest BCUT2D eigenvalue weighted by atomic mass is 10.1. The van der Waals surface area contributed by atoms with Gasteiger partial charge in [-0.05, 0) is 38.5 Å². The Balaban J connectivity index is 1.35. The van der Waals surface area contributed by atoms with Crippen molar-refractivity contribution in [2.45, 2.75) is 20.3 Å². The Kier molecular flexibility index (Phi) is 4.34. The van der Waals surface area contributed by atoms with Crippen LogP contribution in [0.3, 0.4) is 0 Å². The van der Waals surface area contributed by atoms with Crippen molar-refractivity contribution in [3.8, 4) is 0 Å². The molecule has 9 heteroatoms. The number of esters is 1. The highest BCUT2D eigenvalue weighted by Crippen LogP contribution is 2.22. The monoisotopic (exact) mass is 379 g/mol. The Morgan fingerprint density at radius 2 is 1.75 bits per heavy atom. The number of nitrogens with zero attached hydrogens (tertiary/aromatic N) is 5. The van der Waals surface area contributed by atoms with Crippen molar-refractivity contribution in [2.75, 3.05) is 13.2 Å². The van der Waals surface area contributed by atoms with Crippen LogP contribution in [0.15, 0.2) is 30.3 Å². The van der Waals surface area contributed by atoms with E-state index in [0.717, 1.165) is 16.3 Å². The Bertz CT molecular complexity index is 1090. The van der Waals surface area contributed by atoms with E-state index in [-0.39, 0.29) is 30.8 Å². The van der Waals surface area contributed by atoms with Crippen molar-refractivity contribution in [3.05, 3.63) is 58.7 Å². The van der Waals surface area contributed by atoms with Crippen molar-refractivity contribution in [2.24, 2.45) is 0 Å². The molecule has 2 amide bonds. The lowest BCUT2D eigenvalue weighted by Crippen LogP contribution is -2.31. The molecule has 3 heterocycles. The van der Waals surface area contributed by atoms with Crippen molar-refractivity contribution in [1.82, 2.24) is 24.5 Å². The summed E-state index contributed by atoms with van der Waals surface area (Å²) in [5, 5.41) is 4.11. The summed E-state index contributed by atoms with van der Waals surface area (Å²) in [4.78, 5) is 46.2. The van der Waals surface area contributed by atoms with E-state index in [0.29, 0.717) is 23.3 Å². The second-order valence-electron chi connectivity index (χ2n) is 6.48. The zero-order valence-corrected chi connectivity index (χ0v) is 15.4. The lowest BCUT2D eigenvalue weighted by Gasteiger charge is -2.13. The van der Waals surface area contributed by atoms with Gasteiger partial charge in [0.15, 0.2) is 0 Å². The van der Waals surface area contributed by atoms with Crippen LogP contribution in [0.25, 0.3) is 5.78 Å². The number of aromatic nitrogens is 4. The number of hydrogen-bond acceptors (Lipinski definition) is 7. The summed E-state index contributed by atoms with van der Waals surface area (Å²) in [5.41, 5.74) is 2.38. The van der Waals surface area contributed by atoms with Crippen LogP contribution >= 0.6 is 0 Å². The van der Waals surface area contributed by atoms with Crippen molar-refractivity contribution < 1.29 is 19.1 Å². The summed E-state index contributed by atoms with van der Waals surface area (Å²) in [5.74, 6) is -1.08. The van der Waals surface area contributed by atoms with Crippen LogP contribution in [-0.4, -0.2) is 55.4 Å². The highest BCUT2D eigenvalue weighted by atomic mass is 16.5. The van der Waals surface area contributed by atoms with Gasteiger partial charge in [-0.2, -0.15) is 4.98 Å².